The Morgan fingerprint density at radius 3 is 2.11 bits per heavy atom. The van der Waals surface area contributed by atoms with E-state index in [9.17, 15) is 5.11 Å². The topological polar surface area (TPSA) is 20.2 Å². The van der Waals surface area contributed by atoms with E-state index in [-0.39, 0.29) is 6.61 Å². The van der Waals surface area contributed by atoms with Crippen LogP contribution < -0.4 is 5.19 Å². The molecule has 0 aromatic heterocycles. The molecule has 0 amide bonds. The van der Waals surface area contributed by atoms with Gasteiger partial charge in [-0.25, -0.2) is 0 Å². The van der Waals surface area contributed by atoms with E-state index in [4.69, 9.17) is 0 Å². The first kappa shape index (κ1) is 19.9. The van der Waals surface area contributed by atoms with E-state index < -0.39 is 8.07 Å². The lowest BCUT2D eigenvalue weighted by Crippen LogP contribution is -2.46. The minimum absolute atomic E-state index is 0.0877. The van der Waals surface area contributed by atoms with Crippen LogP contribution in [-0.4, -0.2) is 19.8 Å². The molecule has 1 aliphatic rings. The molecular formula is C25H32OSi. The van der Waals surface area contributed by atoms with Gasteiger partial charge in [0.15, 0.2) is 0 Å². The SMILES string of the molecule is C[Si](C)(C(=C=C(CO)Cc1ccccc1)C1CCCCC1)c1ccccc1. The number of hydrogen-bond donors (Lipinski definition) is 1. The van der Waals surface area contributed by atoms with Gasteiger partial charge >= 0.3 is 0 Å². The minimum atomic E-state index is -1.82. The number of benzene rings is 2. The smallest absolute Gasteiger partial charge is 0.117 e. The zero-order valence-corrected chi connectivity index (χ0v) is 17.7. The second kappa shape index (κ2) is 9.37. The summed E-state index contributed by atoms with van der Waals surface area (Å²) in [5.74, 6) is 0.623. The summed E-state index contributed by atoms with van der Waals surface area (Å²) in [4.78, 5) is 0. The Balaban J connectivity index is 2.05. The fourth-order valence-electron chi connectivity index (χ4n) is 4.34. The van der Waals surface area contributed by atoms with Crippen molar-refractivity contribution in [2.24, 2.45) is 5.92 Å². The van der Waals surface area contributed by atoms with Crippen LogP contribution in [0.2, 0.25) is 13.1 Å². The van der Waals surface area contributed by atoms with E-state index in [1.807, 2.05) is 6.07 Å². The summed E-state index contributed by atoms with van der Waals surface area (Å²) in [7, 11) is -1.82. The lowest BCUT2D eigenvalue weighted by Gasteiger charge is -2.33. The van der Waals surface area contributed by atoms with E-state index in [0.29, 0.717) is 5.92 Å². The third-order valence-corrected chi connectivity index (χ3v) is 9.60. The third-order valence-electron chi connectivity index (χ3n) is 5.94. The van der Waals surface area contributed by atoms with Gasteiger partial charge in [0.2, 0.25) is 0 Å². The molecule has 3 rings (SSSR count). The fraction of sp³-hybridized carbons (Fsp3) is 0.400. The van der Waals surface area contributed by atoms with Crippen LogP contribution in [0.5, 0.6) is 0 Å². The van der Waals surface area contributed by atoms with Crippen LogP contribution in [0.3, 0.4) is 0 Å². The second-order valence-corrected chi connectivity index (χ2v) is 12.7. The first-order valence-corrected chi connectivity index (χ1v) is 13.3. The van der Waals surface area contributed by atoms with E-state index in [1.165, 1.54) is 48.1 Å². The summed E-state index contributed by atoms with van der Waals surface area (Å²) in [6.45, 7) is 5.00. The Hall–Kier alpha value is -1.86. The van der Waals surface area contributed by atoms with Gasteiger partial charge in [0.1, 0.15) is 8.07 Å². The van der Waals surface area contributed by atoms with E-state index in [1.54, 1.807) is 0 Å². The Bertz CT molecular complexity index is 780. The van der Waals surface area contributed by atoms with Gasteiger partial charge in [0.25, 0.3) is 0 Å². The highest BCUT2D eigenvalue weighted by molar-refractivity contribution is 6.95. The average molecular weight is 377 g/mol. The molecule has 1 N–H and O–H groups in total. The fourth-order valence-corrected chi connectivity index (χ4v) is 7.48. The Morgan fingerprint density at radius 1 is 0.926 bits per heavy atom. The van der Waals surface area contributed by atoms with Crippen LogP contribution in [-0.2, 0) is 6.42 Å². The molecular weight excluding hydrogens is 344 g/mol. The van der Waals surface area contributed by atoms with Crippen molar-refractivity contribution in [2.75, 3.05) is 6.61 Å². The Labute approximate surface area is 165 Å². The van der Waals surface area contributed by atoms with Crippen molar-refractivity contribution in [3.63, 3.8) is 0 Å². The van der Waals surface area contributed by atoms with E-state index in [0.717, 1.165) is 12.0 Å². The van der Waals surface area contributed by atoms with Gasteiger partial charge < -0.3 is 5.11 Å². The molecule has 0 aliphatic heterocycles. The molecule has 0 atom stereocenters. The molecule has 142 valence electrons. The van der Waals surface area contributed by atoms with Crippen molar-refractivity contribution in [2.45, 2.75) is 51.6 Å². The molecule has 0 radical (unpaired) electrons. The maximum atomic E-state index is 10.1. The van der Waals surface area contributed by atoms with Crippen molar-refractivity contribution in [3.8, 4) is 0 Å². The summed E-state index contributed by atoms with van der Waals surface area (Å²) < 4.78 is 0. The number of hydrogen-bond acceptors (Lipinski definition) is 1. The first-order chi connectivity index (χ1) is 13.1. The van der Waals surface area contributed by atoms with Crippen LogP contribution in [0, 0.1) is 5.92 Å². The van der Waals surface area contributed by atoms with Crippen molar-refractivity contribution in [1.82, 2.24) is 0 Å². The zero-order valence-electron chi connectivity index (χ0n) is 16.7. The number of aliphatic hydroxyl groups is 1. The van der Waals surface area contributed by atoms with Crippen molar-refractivity contribution in [1.29, 1.82) is 0 Å². The maximum absolute atomic E-state index is 10.1. The van der Waals surface area contributed by atoms with Gasteiger partial charge in [-0.3, -0.25) is 0 Å². The van der Waals surface area contributed by atoms with Gasteiger partial charge in [-0.1, -0.05) is 98.2 Å². The second-order valence-electron chi connectivity index (χ2n) is 8.29. The van der Waals surface area contributed by atoms with Crippen LogP contribution in [0.15, 0.2) is 77.2 Å². The Morgan fingerprint density at radius 2 is 1.52 bits per heavy atom. The monoisotopic (exact) mass is 376 g/mol. The predicted molar refractivity (Wildman–Crippen MR) is 118 cm³/mol. The number of rotatable bonds is 6. The highest BCUT2D eigenvalue weighted by atomic mass is 28.3. The van der Waals surface area contributed by atoms with Crippen LogP contribution >= 0.6 is 0 Å². The van der Waals surface area contributed by atoms with Crippen molar-refractivity contribution >= 4 is 13.3 Å². The van der Waals surface area contributed by atoms with Crippen molar-refractivity contribution < 1.29 is 5.11 Å². The summed E-state index contributed by atoms with van der Waals surface area (Å²) in [6, 6.07) is 21.4. The summed E-state index contributed by atoms with van der Waals surface area (Å²) in [6.07, 6.45) is 7.33. The van der Waals surface area contributed by atoms with Gasteiger partial charge in [-0.15, -0.1) is 5.73 Å². The molecule has 1 fully saturated rings. The van der Waals surface area contributed by atoms with E-state index >= 15 is 0 Å². The largest absolute Gasteiger partial charge is 0.391 e. The molecule has 0 unspecified atom stereocenters. The lowest BCUT2D eigenvalue weighted by atomic mass is 9.88. The maximum Gasteiger partial charge on any atom is 0.117 e. The summed E-state index contributed by atoms with van der Waals surface area (Å²) in [5.41, 5.74) is 6.08. The normalized spacial score (nSPS) is 15.2. The van der Waals surface area contributed by atoms with Gasteiger partial charge in [-0.05, 0) is 29.5 Å². The standard InChI is InChI=1S/C25H32OSi/c1-27(2,24-16-10-5-11-17-24)25(23-14-8-4-9-15-23)19-22(20-26)18-21-12-6-3-7-13-21/h3,5-7,10-13,16-17,23,26H,4,8-9,14-15,18,20H2,1-2H3. The van der Waals surface area contributed by atoms with Gasteiger partial charge in [-0.2, -0.15) is 0 Å². The van der Waals surface area contributed by atoms with Gasteiger partial charge in [0.05, 0.1) is 6.61 Å². The molecule has 1 saturated carbocycles. The quantitative estimate of drug-likeness (QED) is 0.528. The van der Waals surface area contributed by atoms with Crippen LogP contribution in [0.1, 0.15) is 37.7 Å². The third kappa shape index (κ3) is 5.10. The molecule has 2 heteroatoms. The Kier molecular flexibility index (Phi) is 6.90. The van der Waals surface area contributed by atoms with Crippen LogP contribution in [0.25, 0.3) is 0 Å². The molecule has 0 saturated heterocycles. The molecule has 0 heterocycles. The lowest BCUT2D eigenvalue weighted by molar-refractivity contribution is 0.328. The predicted octanol–water partition coefficient (Wildman–Crippen LogP) is 5.41. The molecule has 0 spiro atoms. The average Bonchev–Trinajstić information content (AvgIpc) is 2.73. The summed E-state index contributed by atoms with van der Waals surface area (Å²) in [5, 5.41) is 13.0. The molecule has 2 aromatic rings. The minimum Gasteiger partial charge on any atom is -0.391 e. The number of aliphatic hydroxyl groups excluding tert-OH is 1. The zero-order chi connectivity index (χ0) is 19.1. The van der Waals surface area contributed by atoms with Crippen LogP contribution in [0.4, 0.5) is 0 Å². The molecule has 2 aromatic carbocycles. The highest BCUT2D eigenvalue weighted by Crippen LogP contribution is 2.34. The highest BCUT2D eigenvalue weighted by Gasteiger charge is 2.34. The molecule has 1 aliphatic carbocycles. The molecule has 27 heavy (non-hydrogen) atoms. The molecule has 1 nitrogen and oxygen atoms in total. The summed E-state index contributed by atoms with van der Waals surface area (Å²) >= 11 is 0. The van der Waals surface area contributed by atoms with E-state index in [2.05, 4.69) is 73.4 Å². The molecule has 0 bridgehead atoms. The van der Waals surface area contributed by atoms with Crippen molar-refractivity contribution in [3.05, 3.63) is 82.7 Å². The van der Waals surface area contributed by atoms with Gasteiger partial charge in [0, 0.05) is 12.0 Å². The first-order valence-electron chi connectivity index (χ1n) is 10.3.